The van der Waals surface area contributed by atoms with Crippen LogP contribution in [0, 0.1) is 0 Å². The summed E-state index contributed by atoms with van der Waals surface area (Å²) in [5.74, 6) is 0. The molecule has 0 saturated heterocycles. The van der Waals surface area contributed by atoms with Crippen molar-refractivity contribution >= 4 is 34.0 Å². The predicted molar refractivity (Wildman–Crippen MR) is 129 cm³/mol. The Morgan fingerprint density at radius 3 is 1.77 bits per heavy atom. The van der Waals surface area contributed by atoms with E-state index in [9.17, 15) is 13.2 Å². The van der Waals surface area contributed by atoms with E-state index in [1.807, 2.05) is 17.4 Å². The molecule has 4 aromatic rings. The summed E-state index contributed by atoms with van der Waals surface area (Å²) in [4.78, 5) is 7.33. The Morgan fingerprint density at radius 1 is 0.613 bits per heavy atom. The van der Waals surface area contributed by atoms with E-state index in [2.05, 4.69) is 37.3 Å². The summed E-state index contributed by atoms with van der Waals surface area (Å²) in [7, 11) is 0. The maximum atomic E-state index is 12.8. The smallest absolute Gasteiger partial charge is 0.166 e. The molecule has 0 fully saturated rings. The standard InChI is InChI=1S/C25H23F3S3/c1-2-3-4-5-6-19-11-12-21(29-19)22-15-16-24(31-22)23-14-13-20(30-23)17-7-9-18(10-8-17)25(26,27)28/h7-16H,2-6H2,1H3. The van der Waals surface area contributed by atoms with Crippen LogP contribution in [0.25, 0.3) is 29.9 Å². The first-order valence-corrected chi connectivity index (χ1v) is 12.9. The van der Waals surface area contributed by atoms with Crippen LogP contribution in [0.5, 0.6) is 0 Å². The van der Waals surface area contributed by atoms with E-state index in [4.69, 9.17) is 0 Å². The van der Waals surface area contributed by atoms with Gasteiger partial charge >= 0.3 is 6.18 Å². The molecule has 0 N–H and O–H groups in total. The Morgan fingerprint density at radius 2 is 1.16 bits per heavy atom. The number of alkyl halides is 3. The van der Waals surface area contributed by atoms with Crippen LogP contribution >= 0.6 is 34.0 Å². The fourth-order valence-electron chi connectivity index (χ4n) is 3.42. The second kappa shape index (κ2) is 9.72. The van der Waals surface area contributed by atoms with E-state index in [0.717, 1.165) is 33.9 Å². The van der Waals surface area contributed by atoms with Gasteiger partial charge in [0.15, 0.2) is 0 Å². The highest BCUT2D eigenvalue weighted by molar-refractivity contribution is 7.27. The summed E-state index contributed by atoms with van der Waals surface area (Å²) in [6.45, 7) is 2.23. The molecule has 6 heteroatoms. The molecule has 0 aliphatic rings. The summed E-state index contributed by atoms with van der Waals surface area (Å²) in [6.07, 6.45) is 1.98. The topological polar surface area (TPSA) is 0 Å². The Balaban J connectivity index is 1.45. The van der Waals surface area contributed by atoms with E-state index in [1.165, 1.54) is 45.2 Å². The third kappa shape index (κ3) is 5.48. The second-order valence-corrected chi connectivity index (χ2v) is 10.8. The highest BCUT2D eigenvalue weighted by Crippen LogP contribution is 2.42. The summed E-state index contributed by atoms with van der Waals surface area (Å²) < 4.78 is 38.4. The van der Waals surface area contributed by atoms with Gasteiger partial charge in [0.05, 0.1) is 5.56 Å². The van der Waals surface area contributed by atoms with Gasteiger partial charge in [-0.3, -0.25) is 0 Å². The molecule has 0 aliphatic heterocycles. The molecule has 0 nitrogen and oxygen atoms in total. The predicted octanol–water partition coefficient (Wildman–Crippen LogP) is 10.0. The van der Waals surface area contributed by atoms with Gasteiger partial charge in [0.1, 0.15) is 0 Å². The monoisotopic (exact) mass is 476 g/mol. The summed E-state index contributed by atoms with van der Waals surface area (Å²) in [6, 6.07) is 18.2. The van der Waals surface area contributed by atoms with Crippen molar-refractivity contribution in [3.05, 3.63) is 71.1 Å². The molecule has 31 heavy (non-hydrogen) atoms. The van der Waals surface area contributed by atoms with Crippen molar-refractivity contribution in [3.8, 4) is 29.9 Å². The van der Waals surface area contributed by atoms with E-state index < -0.39 is 11.7 Å². The number of hydrogen-bond donors (Lipinski definition) is 0. The lowest BCUT2D eigenvalue weighted by Crippen LogP contribution is -2.03. The van der Waals surface area contributed by atoms with Gasteiger partial charge in [0.2, 0.25) is 0 Å². The van der Waals surface area contributed by atoms with Crippen molar-refractivity contribution in [1.29, 1.82) is 0 Å². The summed E-state index contributed by atoms with van der Waals surface area (Å²) >= 11 is 5.27. The third-order valence-corrected chi connectivity index (χ3v) is 8.89. The van der Waals surface area contributed by atoms with E-state index in [0.29, 0.717) is 0 Å². The fraction of sp³-hybridized carbons (Fsp3) is 0.280. The van der Waals surface area contributed by atoms with Crippen LogP contribution in [0.2, 0.25) is 0 Å². The van der Waals surface area contributed by atoms with Crippen molar-refractivity contribution in [3.63, 3.8) is 0 Å². The van der Waals surface area contributed by atoms with Crippen molar-refractivity contribution in [1.82, 2.24) is 0 Å². The molecule has 1 aromatic carbocycles. The van der Waals surface area contributed by atoms with Crippen molar-refractivity contribution in [2.24, 2.45) is 0 Å². The first-order chi connectivity index (χ1) is 14.9. The zero-order valence-electron chi connectivity index (χ0n) is 17.2. The first-order valence-electron chi connectivity index (χ1n) is 10.4. The van der Waals surface area contributed by atoms with Gasteiger partial charge in [-0.25, -0.2) is 0 Å². The molecule has 0 radical (unpaired) electrons. The zero-order chi connectivity index (χ0) is 21.8. The zero-order valence-corrected chi connectivity index (χ0v) is 19.6. The van der Waals surface area contributed by atoms with Crippen molar-refractivity contribution in [2.45, 2.75) is 45.2 Å². The van der Waals surface area contributed by atoms with Crippen molar-refractivity contribution in [2.75, 3.05) is 0 Å². The fourth-order valence-corrected chi connectivity index (χ4v) is 6.67. The second-order valence-electron chi connectivity index (χ2n) is 7.48. The molecule has 0 bridgehead atoms. The highest BCUT2D eigenvalue weighted by atomic mass is 32.1. The average Bonchev–Trinajstić information content (AvgIpc) is 3.51. The lowest BCUT2D eigenvalue weighted by atomic mass is 10.1. The Labute approximate surface area is 193 Å². The van der Waals surface area contributed by atoms with Crippen molar-refractivity contribution < 1.29 is 13.2 Å². The Kier molecular flexibility index (Phi) is 6.99. The third-order valence-electron chi connectivity index (χ3n) is 5.13. The molecule has 0 saturated carbocycles. The number of hydrogen-bond acceptors (Lipinski definition) is 3. The van der Waals surface area contributed by atoms with Gasteiger partial charge in [-0.15, -0.1) is 34.0 Å². The minimum atomic E-state index is -4.30. The van der Waals surface area contributed by atoms with E-state index in [1.54, 1.807) is 34.8 Å². The number of rotatable bonds is 8. The largest absolute Gasteiger partial charge is 0.416 e. The highest BCUT2D eigenvalue weighted by Gasteiger charge is 2.30. The molecule has 3 heterocycles. The molecular weight excluding hydrogens is 453 g/mol. The van der Waals surface area contributed by atoms with Gasteiger partial charge in [-0.2, -0.15) is 13.2 Å². The molecule has 162 valence electrons. The normalized spacial score (nSPS) is 11.9. The van der Waals surface area contributed by atoms with Gasteiger partial charge in [-0.1, -0.05) is 38.3 Å². The molecule has 0 spiro atoms. The molecule has 4 rings (SSSR count). The number of halogens is 3. The van der Waals surface area contributed by atoms with Gasteiger partial charge in [0, 0.05) is 29.3 Å². The average molecular weight is 477 g/mol. The lowest BCUT2D eigenvalue weighted by molar-refractivity contribution is -0.137. The van der Waals surface area contributed by atoms with Gasteiger partial charge in [-0.05, 0) is 66.9 Å². The van der Waals surface area contributed by atoms with Crippen LogP contribution in [0.3, 0.4) is 0 Å². The SMILES string of the molecule is CCCCCCc1ccc(-c2ccc(-c3ccc(-c4ccc(C(F)(F)F)cc4)s3)s2)s1. The van der Waals surface area contributed by atoms with Crippen LogP contribution in [0.15, 0.2) is 60.7 Å². The molecule has 0 aliphatic carbocycles. The molecule has 0 atom stereocenters. The van der Waals surface area contributed by atoms with E-state index >= 15 is 0 Å². The Hall–Kier alpha value is -1.89. The summed E-state index contributed by atoms with van der Waals surface area (Å²) in [5, 5.41) is 0. The van der Waals surface area contributed by atoms with Gasteiger partial charge in [0.25, 0.3) is 0 Å². The Bertz CT molecular complexity index is 1110. The first kappa shape index (κ1) is 22.3. The van der Waals surface area contributed by atoms with Crippen LogP contribution in [0.4, 0.5) is 13.2 Å². The molecular formula is C25H23F3S3. The summed E-state index contributed by atoms with van der Waals surface area (Å²) in [5.41, 5.74) is 0.198. The lowest BCUT2D eigenvalue weighted by Gasteiger charge is -2.06. The van der Waals surface area contributed by atoms with Gasteiger partial charge < -0.3 is 0 Å². The van der Waals surface area contributed by atoms with E-state index in [-0.39, 0.29) is 0 Å². The number of unbranched alkanes of at least 4 members (excludes halogenated alkanes) is 3. The van der Waals surface area contributed by atoms with Crippen LogP contribution in [0.1, 0.15) is 43.0 Å². The van der Waals surface area contributed by atoms with Crippen LogP contribution in [-0.2, 0) is 12.6 Å². The molecule has 3 aromatic heterocycles. The van der Waals surface area contributed by atoms with Crippen LogP contribution < -0.4 is 0 Å². The van der Waals surface area contributed by atoms with Crippen LogP contribution in [-0.4, -0.2) is 0 Å². The minimum Gasteiger partial charge on any atom is -0.166 e. The quantitative estimate of drug-likeness (QED) is 0.222. The maximum absolute atomic E-state index is 12.8. The maximum Gasteiger partial charge on any atom is 0.416 e. The number of benzene rings is 1. The minimum absolute atomic E-state index is 0.614. The number of thiophene rings is 3. The number of aryl methyl sites for hydroxylation is 1. The molecule has 0 amide bonds. The molecule has 0 unspecified atom stereocenters.